The first-order chi connectivity index (χ1) is 12.7. The lowest BCUT2D eigenvalue weighted by Crippen LogP contribution is -2.21. The third-order valence-corrected chi connectivity index (χ3v) is 3.87. The quantitative estimate of drug-likeness (QED) is 0.653. The van der Waals surface area contributed by atoms with Gasteiger partial charge in [-0.2, -0.15) is 0 Å². The van der Waals surface area contributed by atoms with Crippen molar-refractivity contribution in [3.8, 4) is 11.5 Å². The molecule has 3 aromatic rings. The van der Waals surface area contributed by atoms with Crippen LogP contribution < -0.4 is 14.8 Å². The van der Waals surface area contributed by atoms with Crippen LogP contribution in [0.1, 0.15) is 17.3 Å². The van der Waals surface area contributed by atoms with E-state index in [-0.39, 0.29) is 12.5 Å². The van der Waals surface area contributed by atoms with Crippen molar-refractivity contribution in [3.63, 3.8) is 0 Å². The summed E-state index contributed by atoms with van der Waals surface area (Å²) in [6, 6.07) is 18.3. The van der Waals surface area contributed by atoms with Crippen molar-refractivity contribution in [3.05, 3.63) is 66.2 Å². The lowest BCUT2D eigenvalue weighted by Gasteiger charge is -2.13. The van der Waals surface area contributed by atoms with E-state index in [2.05, 4.69) is 5.32 Å². The van der Waals surface area contributed by atoms with Crippen LogP contribution in [0.25, 0.3) is 10.8 Å². The monoisotopic (exact) mass is 349 g/mol. The second kappa shape index (κ2) is 8.16. The Morgan fingerprint density at radius 2 is 1.73 bits per heavy atom. The van der Waals surface area contributed by atoms with E-state index in [0.717, 1.165) is 17.1 Å². The zero-order valence-electron chi connectivity index (χ0n) is 14.4. The smallest absolute Gasteiger partial charge is 0.262 e. The molecule has 0 aromatic heterocycles. The molecule has 1 amide bonds. The second-order valence-corrected chi connectivity index (χ2v) is 5.58. The molecule has 1 N–H and O–H groups in total. The highest BCUT2D eigenvalue weighted by Gasteiger charge is 2.11. The highest BCUT2D eigenvalue weighted by molar-refractivity contribution is 6.01. The van der Waals surface area contributed by atoms with Crippen molar-refractivity contribution in [1.29, 1.82) is 0 Å². The largest absolute Gasteiger partial charge is 0.492 e. The topological polar surface area (TPSA) is 64.6 Å². The lowest BCUT2D eigenvalue weighted by atomic mass is 10.0. The van der Waals surface area contributed by atoms with Crippen molar-refractivity contribution >= 4 is 28.7 Å². The normalized spacial score (nSPS) is 10.3. The number of fused-ring (bicyclic) bond motifs is 1. The molecule has 5 nitrogen and oxygen atoms in total. The van der Waals surface area contributed by atoms with Gasteiger partial charge in [-0.1, -0.05) is 42.5 Å². The molecule has 0 heterocycles. The number of carbonyl (C=O) groups is 2. The number of para-hydroxylation sites is 2. The van der Waals surface area contributed by atoms with E-state index >= 15 is 0 Å². The molecule has 0 spiro atoms. The van der Waals surface area contributed by atoms with Crippen molar-refractivity contribution in [2.45, 2.75) is 6.92 Å². The maximum atomic E-state index is 12.2. The Morgan fingerprint density at radius 1 is 0.962 bits per heavy atom. The first-order valence-electron chi connectivity index (χ1n) is 8.34. The van der Waals surface area contributed by atoms with Gasteiger partial charge in [0.25, 0.3) is 5.91 Å². The van der Waals surface area contributed by atoms with E-state index < -0.39 is 0 Å². The van der Waals surface area contributed by atoms with Crippen LogP contribution in [-0.4, -0.2) is 25.4 Å². The van der Waals surface area contributed by atoms with E-state index in [9.17, 15) is 9.59 Å². The standard InChI is InChI=1S/C21H19NO4/c1-2-25-20-10-6-5-9-18(20)22-21(24)14-26-19-12-11-15-7-3-4-8-16(15)17(19)13-23/h3-13H,2,14H2,1H3,(H,22,24). The number of nitrogens with one attached hydrogen (secondary N) is 1. The van der Waals surface area contributed by atoms with Crippen LogP contribution in [-0.2, 0) is 4.79 Å². The van der Waals surface area contributed by atoms with Gasteiger partial charge in [-0.05, 0) is 35.9 Å². The fourth-order valence-corrected chi connectivity index (χ4v) is 2.70. The summed E-state index contributed by atoms with van der Waals surface area (Å²) in [4.78, 5) is 23.7. The first-order valence-corrected chi connectivity index (χ1v) is 8.34. The molecular formula is C21H19NO4. The highest BCUT2D eigenvalue weighted by atomic mass is 16.5. The molecule has 3 aromatic carbocycles. The van der Waals surface area contributed by atoms with Crippen molar-refractivity contribution in [2.75, 3.05) is 18.5 Å². The summed E-state index contributed by atoms with van der Waals surface area (Å²) in [6.07, 6.45) is 0.750. The Bertz CT molecular complexity index is 936. The molecule has 0 aliphatic heterocycles. The van der Waals surface area contributed by atoms with Gasteiger partial charge in [0.15, 0.2) is 12.9 Å². The predicted molar refractivity (Wildman–Crippen MR) is 101 cm³/mol. The molecule has 0 saturated heterocycles. The van der Waals surface area contributed by atoms with E-state index in [4.69, 9.17) is 9.47 Å². The van der Waals surface area contributed by atoms with Gasteiger partial charge in [0.1, 0.15) is 11.5 Å². The van der Waals surface area contributed by atoms with Crippen LogP contribution in [0, 0.1) is 0 Å². The summed E-state index contributed by atoms with van der Waals surface area (Å²) >= 11 is 0. The van der Waals surface area contributed by atoms with Gasteiger partial charge in [-0.25, -0.2) is 0 Å². The molecule has 0 saturated carbocycles. The van der Waals surface area contributed by atoms with Gasteiger partial charge in [-0.3, -0.25) is 9.59 Å². The minimum absolute atomic E-state index is 0.209. The fraction of sp³-hybridized carbons (Fsp3) is 0.143. The van der Waals surface area contributed by atoms with Crippen LogP contribution >= 0.6 is 0 Å². The van der Waals surface area contributed by atoms with E-state index in [0.29, 0.717) is 29.4 Å². The van der Waals surface area contributed by atoms with Gasteiger partial charge in [0.2, 0.25) is 0 Å². The summed E-state index contributed by atoms with van der Waals surface area (Å²) in [5, 5.41) is 4.50. The minimum atomic E-state index is -0.331. The predicted octanol–water partition coefficient (Wildman–Crippen LogP) is 4.07. The zero-order valence-corrected chi connectivity index (χ0v) is 14.4. The number of rotatable bonds is 7. The summed E-state index contributed by atoms with van der Waals surface area (Å²) in [6.45, 7) is 2.17. The number of hydrogen-bond acceptors (Lipinski definition) is 4. The number of benzene rings is 3. The van der Waals surface area contributed by atoms with Gasteiger partial charge in [-0.15, -0.1) is 0 Å². The minimum Gasteiger partial charge on any atom is -0.492 e. The third-order valence-electron chi connectivity index (χ3n) is 3.87. The van der Waals surface area contributed by atoms with Gasteiger partial charge in [0.05, 0.1) is 17.9 Å². The summed E-state index contributed by atoms with van der Waals surface area (Å²) in [7, 11) is 0. The Kier molecular flexibility index (Phi) is 5.49. The molecular weight excluding hydrogens is 330 g/mol. The van der Waals surface area contributed by atoms with Crippen LogP contribution in [0.15, 0.2) is 60.7 Å². The average molecular weight is 349 g/mol. The Morgan fingerprint density at radius 3 is 2.54 bits per heavy atom. The lowest BCUT2D eigenvalue weighted by molar-refractivity contribution is -0.118. The summed E-state index contributed by atoms with van der Waals surface area (Å²) in [5.41, 5.74) is 1.02. The highest BCUT2D eigenvalue weighted by Crippen LogP contribution is 2.27. The molecule has 5 heteroatoms. The molecule has 26 heavy (non-hydrogen) atoms. The Balaban J connectivity index is 1.72. The van der Waals surface area contributed by atoms with Crippen LogP contribution in [0.5, 0.6) is 11.5 Å². The number of aldehydes is 1. The number of amides is 1. The van der Waals surface area contributed by atoms with Crippen LogP contribution in [0.4, 0.5) is 5.69 Å². The maximum absolute atomic E-state index is 12.2. The van der Waals surface area contributed by atoms with Gasteiger partial charge >= 0.3 is 0 Å². The van der Waals surface area contributed by atoms with E-state index in [1.54, 1.807) is 18.2 Å². The van der Waals surface area contributed by atoms with Crippen molar-refractivity contribution in [1.82, 2.24) is 0 Å². The van der Waals surface area contributed by atoms with Crippen molar-refractivity contribution in [2.24, 2.45) is 0 Å². The average Bonchev–Trinajstić information content (AvgIpc) is 2.67. The zero-order chi connectivity index (χ0) is 18.4. The third kappa shape index (κ3) is 3.83. The molecule has 0 aliphatic carbocycles. The summed E-state index contributed by atoms with van der Waals surface area (Å²) in [5.74, 6) is 0.650. The van der Waals surface area contributed by atoms with E-state index in [1.807, 2.05) is 49.4 Å². The molecule has 3 rings (SSSR count). The molecule has 132 valence electrons. The molecule has 0 atom stereocenters. The Hall–Kier alpha value is -3.34. The SMILES string of the molecule is CCOc1ccccc1NC(=O)COc1ccc2ccccc2c1C=O. The van der Waals surface area contributed by atoms with Crippen molar-refractivity contribution < 1.29 is 19.1 Å². The molecule has 0 unspecified atom stereocenters. The number of anilines is 1. The van der Waals surface area contributed by atoms with Crippen LogP contribution in [0.2, 0.25) is 0 Å². The first kappa shape index (κ1) is 17.5. The molecule has 0 bridgehead atoms. The maximum Gasteiger partial charge on any atom is 0.262 e. The summed E-state index contributed by atoms with van der Waals surface area (Å²) < 4.78 is 11.1. The second-order valence-electron chi connectivity index (χ2n) is 5.58. The number of hydrogen-bond donors (Lipinski definition) is 1. The molecule has 0 aliphatic rings. The Labute approximate surface area is 151 Å². The van der Waals surface area contributed by atoms with Gasteiger partial charge < -0.3 is 14.8 Å². The number of carbonyl (C=O) groups excluding carboxylic acids is 2. The molecule has 0 radical (unpaired) electrons. The van der Waals surface area contributed by atoms with E-state index in [1.165, 1.54) is 0 Å². The molecule has 0 fully saturated rings. The fourth-order valence-electron chi connectivity index (χ4n) is 2.70. The van der Waals surface area contributed by atoms with Gasteiger partial charge in [0, 0.05) is 0 Å². The number of ether oxygens (including phenoxy) is 2. The van der Waals surface area contributed by atoms with Crippen LogP contribution in [0.3, 0.4) is 0 Å².